The number of likely N-dealkylation sites (N-methyl/N-ethyl adjacent to an activating group) is 1. The van der Waals surface area contributed by atoms with Crippen LogP contribution in [0.15, 0.2) is 35.1 Å². The van der Waals surface area contributed by atoms with Crippen molar-refractivity contribution >= 4 is 33.1 Å². The molecule has 32 heavy (non-hydrogen) atoms. The summed E-state index contributed by atoms with van der Waals surface area (Å²) in [6.45, 7) is 5.22. The number of aromatic nitrogens is 2. The quantitative estimate of drug-likeness (QED) is 0.570. The molecule has 3 heterocycles. The number of hydrogen-bond acceptors (Lipinski definition) is 5. The van der Waals surface area contributed by atoms with Gasteiger partial charge in [-0.25, -0.2) is 4.98 Å². The monoisotopic (exact) mass is 450 g/mol. The van der Waals surface area contributed by atoms with Crippen molar-refractivity contribution in [3.05, 3.63) is 57.0 Å². The summed E-state index contributed by atoms with van der Waals surface area (Å²) in [7, 11) is 0. The van der Waals surface area contributed by atoms with Crippen LogP contribution in [0.4, 0.5) is 5.69 Å². The molecule has 7 heteroatoms. The lowest BCUT2D eigenvalue weighted by atomic mass is 9.97. The van der Waals surface area contributed by atoms with E-state index in [1.54, 1.807) is 20.8 Å². The molecule has 1 saturated heterocycles. The van der Waals surface area contributed by atoms with Gasteiger partial charge in [-0.3, -0.25) is 19.1 Å². The average molecular weight is 451 g/mol. The first-order chi connectivity index (χ1) is 15.7. The Morgan fingerprint density at radius 2 is 1.84 bits per heavy atom. The Labute approximate surface area is 192 Å². The third kappa shape index (κ3) is 3.99. The predicted octanol–water partition coefficient (Wildman–Crippen LogP) is 3.99. The smallest absolute Gasteiger partial charge is 0.263 e. The number of para-hydroxylation sites is 1. The van der Waals surface area contributed by atoms with Crippen molar-refractivity contribution in [1.29, 1.82) is 0 Å². The number of nitrogens with zero attached hydrogens (tertiary/aromatic N) is 4. The number of benzene rings is 1. The topological polar surface area (TPSA) is 58.4 Å². The van der Waals surface area contributed by atoms with E-state index in [9.17, 15) is 9.59 Å². The SMILES string of the molecule is CCN(C(=O)Cn1c(CN2CCCC2)nc2sc3c(c2c1=O)CCCC3)c1ccccc1. The molecule has 0 radical (unpaired) electrons. The van der Waals surface area contributed by atoms with Gasteiger partial charge in [-0.05, 0) is 76.2 Å². The Balaban J connectivity index is 1.56. The fraction of sp³-hybridized carbons (Fsp3) is 0.480. The minimum atomic E-state index is -0.0753. The summed E-state index contributed by atoms with van der Waals surface area (Å²) in [5.41, 5.74) is 2.00. The number of rotatable bonds is 6. The molecule has 5 rings (SSSR count). The van der Waals surface area contributed by atoms with Gasteiger partial charge in [0.25, 0.3) is 5.56 Å². The zero-order valence-corrected chi connectivity index (χ0v) is 19.5. The van der Waals surface area contributed by atoms with Crippen molar-refractivity contribution in [3.63, 3.8) is 0 Å². The van der Waals surface area contributed by atoms with Gasteiger partial charge in [0.1, 0.15) is 17.2 Å². The second-order valence-electron chi connectivity index (χ2n) is 8.77. The molecule has 1 fully saturated rings. The Hall–Kier alpha value is -2.51. The van der Waals surface area contributed by atoms with E-state index in [-0.39, 0.29) is 18.0 Å². The van der Waals surface area contributed by atoms with E-state index >= 15 is 0 Å². The highest BCUT2D eigenvalue weighted by molar-refractivity contribution is 7.18. The molecule has 0 unspecified atom stereocenters. The van der Waals surface area contributed by atoms with E-state index in [0.29, 0.717) is 13.1 Å². The Morgan fingerprint density at radius 1 is 1.09 bits per heavy atom. The highest BCUT2D eigenvalue weighted by Gasteiger charge is 2.25. The summed E-state index contributed by atoms with van der Waals surface area (Å²) in [6.07, 6.45) is 6.62. The van der Waals surface area contributed by atoms with Crippen molar-refractivity contribution in [2.45, 2.75) is 58.5 Å². The molecule has 0 N–H and O–H groups in total. The second-order valence-corrected chi connectivity index (χ2v) is 9.85. The average Bonchev–Trinajstić information content (AvgIpc) is 3.45. The van der Waals surface area contributed by atoms with Crippen LogP contribution in [0.25, 0.3) is 10.2 Å². The molecule has 2 aromatic heterocycles. The fourth-order valence-corrected chi connectivity index (χ4v) is 6.31. The Bertz CT molecular complexity index is 1180. The van der Waals surface area contributed by atoms with Crippen LogP contribution < -0.4 is 10.5 Å². The van der Waals surface area contributed by atoms with Crippen LogP contribution in [0.1, 0.15) is 48.9 Å². The number of thiophene rings is 1. The predicted molar refractivity (Wildman–Crippen MR) is 130 cm³/mol. The van der Waals surface area contributed by atoms with Crippen LogP contribution >= 0.6 is 11.3 Å². The molecule has 1 aromatic carbocycles. The number of aryl methyl sites for hydroxylation is 2. The standard InChI is InChI=1S/C25H30N4O2S/c1-2-28(18-10-4-3-5-11-18)22(30)17-29-21(16-27-14-8-9-15-27)26-24-23(25(29)31)19-12-6-7-13-20(19)32-24/h3-5,10-11H,2,6-9,12-17H2,1H3. The largest absolute Gasteiger partial charge is 0.311 e. The maximum Gasteiger partial charge on any atom is 0.263 e. The molecule has 1 aliphatic heterocycles. The molecule has 2 aliphatic rings. The van der Waals surface area contributed by atoms with E-state index in [4.69, 9.17) is 4.98 Å². The minimum Gasteiger partial charge on any atom is -0.311 e. The summed E-state index contributed by atoms with van der Waals surface area (Å²) >= 11 is 1.68. The molecule has 1 amide bonds. The van der Waals surface area contributed by atoms with Crippen LogP contribution in [0.3, 0.4) is 0 Å². The first kappa shape index (κ1) is 21.3. The van der Waals surface area contributed by atoms with Crippen LogP contribution in [0, 0.1) is 0 Å². The first-order valence-electron chi connectivity index (χ1n) is 11.8. The zero-order chi connectivity index (χ0) is 22.1. The summed E-state index contributed by atoms with van der Waals surface area (Å²) < 4.78 is 1.66. The minimum absolute atomic E-state index is 0.0261. The maximum atomic E-state index is 13.8. The van der Waals surface area contributed by atoms with Crippen LogP contribution in [0.2, 0.25) is 0 Å². The summed E-state index contributed by atoms with van der Waals surface area (Å²) in [5.74, 6) is 0.647. The number of fused-ring (bicyclic) bond motifs is 3. The molecule has 1 aliphatic carbocycles. The number of carbonyl (C=O) groups excluding carboxylic acids is 1. The van der Waals surface area contributed by atoms with Gasteiger partial charge in [0, 0.05) is 17.1 Å². The van der Waals surface area contributed by atoms with Crippen molar-refractivity contribution in [3.8, 4) is 0 Å². The fourth-order valence-electron chi connectivity index (χ4n) is 5.04. The molecule has 0 spiro atoms. The van der Waals surface area contributed by atoms with Gasteiger partial charge >= 0.3 is 0 Å². The number of carbonyl (C=O) groups is 1. The van der Waals surface area contributed by atoms with E-state index < -0.39 is 0 Å². The van der Waals surface area contributed by atoms with Gasteiger partial charge in [0.05, 0.1) is 11.9 Å². The Morgan fingerprint density at radius 3 is 2.59 bits per heavy atom. The van der Waals surface area contributed by atoms with Crippen molar-refractivity contribution in [2.24, 2.45) is 0 Å². The molecule has 0 saturated carbocycles. The number of anilines is 1. The van der Waals surface area contributed by atoms with Gasteiger partial charge in [-0.1, -0.05) is 18.2 Å². The summed E-state index contributed by atoms with van der Waals surface area (Å²) in [6, 6.07) is 9.68. The molecular weight excluding hydrogens is 420 g/mol. The number of amides is 1. The molecular formula is C25H30N4O2S. The summed E-state index contributed by atoms with van der Waals surface area (Å²) in [5, 5.41) is 0.755. The molecule has 168 valence electrons. The van der Waals surface area contributed by atoms with Gasteiger partial charge < -0.3 is 4.90 Å². The normalized spacial score (nSPS) is 16.4. The lowest BCUT2D eigenvalue weighted by Crippen LogP contribution is -2.39. The molecule has 0 bridgehead atoms. The van der Waals surface area contributed by atoms with Gasteiger partial charge in [0.15, 0.2) is 0 Å². The zero-order valence-electron chi connectivity index (χ0n) is 18.7. The molecule has 0 atom stereocenters. The lowest BCUT2D eigenvalue weighted by molar-refractivity contribution is -0.119. The van der Waals surface area contributed by atoms with E-state index in [1.807, 2.05) is 37.3 Å². The first-order valence-corrected chi connectivity index (χ1v) is 12.6. The van der Waals surface area contributed by atoms with Crippen molar-refractivity contribution < 1.29 is 4.79 Å². The van der Waals surface area contributed by atoms with Crippen LogP contribution in [0.5, 0.6) is 0 Å². The van der Waals surface area contributed by atoms with E-state index in [2.05, 4.69) is 4.90 Å². The maximum absolute atomic E-state index is 13.8. The van der Waals surface area contributed by atoms with Crippen molar-refractivity contribution in [2.75, 3.05) is 24.5 Å². The van der Waals surface area contributed by atoms with Gasteiger partial charge in [-0.15, -0.1) is 11.3 Å². The van der Waals surface area contributed by atoms with Crippen LogP contribution in [-0.4, -0.2) is 40.0 Å². The third-order valence-corrected chi connectivity index (χ3v) is 7.88. The van der Waals surface area contributed by atoms with Crippen molar-refractivity contribution in [1.82, 2.24) is 14.5 Å². The lowest BCUT2D eigenvalue weighted by Gasteiger charge is -2.23. The third-order valence-electron chi connectivity index (χ3n) is 6.70. The van der Waals surface area contributed by atoms with Gasteiger partial charge in [-0.2, -0.15) is 0 Å². The molecule has 6 nitrogen and oxygen atoms in total. The van der Waals surface area contributed by atoms with E-state index in [0.717, 1.165) is 54.1 Å². The molecule has 3 aromatic rings. The van der Waals surface area contributed by atoms with Crippen LogP contribution in [-0.2, 0) is 30.7 Å². The van der Waals surface area contributed by atoms with E-state index in [1.165, 1.54) is 29.7 Å². The highest BCUT2D eigenvalue weighted by Crippen LogP contribution is 2.34. The number of hydrogen-bond donors (Lipinski definition) is 0. The summed E-state index contributed by atoms with van der Waals surface area (Å²) in [4.78, 5) is 38.4. The second kappa shape index (κ2) is 9.16. The number of likely N-dealkylation sites (tertiary alicyclic amines) is 1. The Kier molecular flexibility index (Phi) is 6.11. The highest BCUT2D eigenvalue weighted by atomic mass is 32.1. The van der Waals surface area contributed by atoms with Gasteiger partial charge in [0.2, 0.25) is 5.91 Å².